The number of hydrogen-bond acceptors (Lipinski definition) is 4. The predicted molar refractivity (Wildman–Crippen MR) is 105 cm³/mol. The number of anilines is 2. The summed E-state index contributed by atoms with van der Waals surface area (Å²) in [6, 6.07) is 11.9. The van der Waals surface area contributed by atoms with Gasteiger partial charge in [0.2, 0.25) is 0 Å². The first-order valence-corrected chi connectivity index (χ1v) is 10.1. The number of aromatic nitrogens is 1. The number of thioether (sulfide) groups is 1. The van der Waals surface area contributed by atoms with Crippen LogP contribution in [-0.4, -0.2) is 35.0 Å². The van der Waals surface area contributed by atoms with Gasteiger partial charge in [0.05, 0.1) is 5.56 Å². The number of fused-ring (bicyclic) bond motifs is 1. The summed E-state index contributed by atoms with van der Waals surface area (Å²) in [4.78, 5) is 19.1. The lowest BCUT2D eigenvalue weighted by atomic mass is 9.84. The van der Waals surface area contributed by atoms with Gasteiger partial charge in [-0.1, -0.05) is 24.6 Å². The molecule has 4 nitrogen and oxygen atoms in total. The number of para-hydroxylation sites is 1. The van der Waals surface area contributed by atoms with Crippen LogP contribution in [0.25, 0.3) is 0 Å². The minimum absolute atomic E-state index is 0.0311. The third kappa shape index (κ3) is 3.13. The van der Waals surface area contributed by atoms with Gasteiger partial charge >= 0.3 is 0 Å². The van der Waals surface area contributed by atoms with Gasteiger partial charge in [-0.05, 0) is 49.3 Å². The van der Waals surface area contributed by atoms with Crippen molar-refractivity contribution in [1.82, 2.24) is 4.98 Å². The maximum absolute atomic E-state index is 12.8. The molecule has 1 aliphatic carbocycles. The molecule has 0 saturated heterocycles. The molecule has 130 valence electrons. The van der Waals surface area contributed by atoms with E-state index in [9.17, 15) is 4.79 Å². The molecule has 1 N–H and O–H groups in total. The zero-order valence-electron chi connectivity index (χ0n) is 14.5. The Hall–Kier alpha value is -2.01. The summed E-state index contributed by atoms with van der Waals surface area (Å²) in [7, 11) is 0. The first-order chi connectivity index (χ1) is 12.2. The largest absolute Gasteiger partial charge is 0.369 e. The molecule has 0 radical (unpaired) electrons. The summed E-state index contributed by atoms with van der Waals surface area (Å²) in [6.45, 7) is 1.68. The van der Waals surface area contributed by atoms with Gasteiger partial charge in [0.1, 0.15) is 5.82 Å². The van der Waals surface area contributed by atoms with Gasteiger partial charge in [-0.15, -0.1) is 0 Å². The van der Waals surface area contributed by atoms with Crippen LogP contribution in [0.2, 0.25) is 0 Å². The van der Waals surface area contributed by atoms with E-state index in [1.165, 1.54) is 24.8 Å². The Balaban J connectivity index is 1.43. The Bertz CT molecular complexity index is 765. The molecule has 25 heavy (non-hydrogen) atoms. The molecule has 2 aromatic rings. The Morgan fingerprint density at radius 3 is 2.80 bits per heavy atom. The second-order valence-electron chi connectivity index (χ2n) is 6.86. The number of hydrogen-bond donors (Lipinski definition) is 1. The van der Waals surface area contributed by atoms with E-state index in [-0.39, 0.29) is 5.91 Å². The van der Waals surface area contributed by atoms with Crippen molar-refractivity contribution >= 4 is 29.2 Å². The molecular formula is C20H23N3OS. The Morgan fingerprint density at radius 1 is 1.28 bits per heavy atom. The highest BCUT2D eigenvalue weighted by atomic mass is 32.2. The van der Waals surface area contributed by atoms with Crippen LogP contribution in [0, 0.1) is 0 Å². The maximum Gasteiger partial charge on any atom is 0.259 e. The third-order valence-electron chi connectivity index (χ3n) is 5.43. The fourth-order valence-corrected chi connectivity index (χ4v) is 4.52. The Labute approximate surface area is 153 Å². The summed E-state index contributed by atoms with van der Waals surface area (Å²) >= 11 is 1.95. The van der Waals surface area contributed by atoms with Gasteiger partial charge < -0.3 is 10.2 Å². The lowest BCUT2D eigenvalue weighted by Crippen LogP contribution is -2.40. The van der Waals surface area contributed by atoms with Crippen molar-refractivity contribution in [3.05, 3.63) is 53.7 Å². The topological polar surface area (TPSA) is 45.2 Å². The first-order valence-electron chi connectivity index (χ1n) is 8.86. The van der Waals surface area contributed by atoms with Crippen LogP contribution in [0.5, 0.6) is 0 Å². The van der Waals surface area contributed by atoms with E-state index >= 15 is 0 Å². The number of amides is 1. The molecule has 2 aliphatic rings. The van der Waals surface area contributed by atoms with Crippen LogP contribution in [0.4, 0.5) is 11.5 Å². The first kappa shape index (κ1) is 16.5. The minimum Gasteiger partial charge on any atom is -0.369 e. The van der Waals surface area contributed by atoms with Crippen molar-refractivity contribution in [1.29, 1.82) is 0 Å². The van der Waals surface area contributed by atoms with Crippen molar-refractivity contribution < 1.29 is 4.79 Å². The van der Waals surface area contributed by atoms with Crippen molar-refractivity contribution in [2.75, 3.05) is 29.6 Å². The van der Waals surface area contributed by atoms with Crippen LogP contribution in [-0.2, 0) is 6.42 Å². The van der Waals surface area contributed by atoms with E-state index in [0.717, 1.165) is 31.0 Å². The molecule has 0 atom stereocenters. The van der Waals surface area contributed by atoms with Crippen LogP contribution in [0.1, 0.15) is 35.2 Å². The average molecular weight is 353 g/mol. The van der Waals surface area contributed by atoms with E-state index in [4.69, 9.17) is 0 Å². The molecule has 1 fully saturated rings. The molecule has 1 saturated carbocycles. The van der Waals surface area contributed by atoms with Crippen LogP contribution in [0.15, 0.2) is 42.6 Å². The fraction of sp³-hybridized carbons (Fsp3) is 0.400. The van der Waals surface area contributed by atoms with Gasteiger partial charge in [0.25, 0.3) is 5.91 Å². The number of benzene rings is 1. The predicted octanol–water partition coefficient (Wildman–Crippen LogP) is 3.98. The smallest absolute Gasteiger partial charge is 0.259 e. The molecule has 0 unspecified atom stereocenters. The van der Waals surface area contributed by atoms with Gasteiger partial charge in [-0.25, -0.2) is 4.98 Å². The quantitative estimate of drug-likeness (QED) is 0.883. The van der Waals surface area contributed by atoms with Crippen molar-refractivity contribution in [2.45, 2.75) is 30.4 Å². The van der Waals surface area contributed by atoms with Gasteiger partial charge in [0, 0.05) is 29.7 Å². The summed E-state index contributed by atoms with van der Waals surface area (Å²) in [5.74, 6) is 0.877. The molecule has 2 heterocycles. The van der Waals surface area contributed by atoms with E-state index in [0.29, 0.717) is 10.3 Å². The second-order valence-corrected chi connectivity index (χ2v) is 8.14. The maximum atomic E-state index is 12.8. The number of rotatable bonds is 5. The number of nitrogens with one attached hydrogen (secondary N) is 1. The van der Waals surface area contributed by atoms with Crippen LogP contribution in [0.3, 0.4) is 0 Å². The summed E-state index contributed by atoms with van der Waals surface area (Å²) in [6.07, 6.45) is 8.66. The molecule has 1 aromatic heterocycles. The monoisotopic (exact) mass is 353 g/mol. The zero-order chi connectivity index (χ0) is 17.3. The molecule has 5 heteroatoms. The van der Waals surface area contributed by atoms with Crippen LogP contribution < -0.4 is 10.2 Å². The fourth-order valence-electron chi connectivity index (χ4n) is 3.61. The Morgan fingerprint density at radius 2 is 2.12 bits per heavy atom. The van der Waals surface area contributed by atoms with E-state index in [2.05, 4.69) is 22.6 Å². The van der Waals surface area contributed by atoms with Crippen molar-refractivity contribution in [3.8, 4) is 0 Å². The lowest BCUT2D eigenvalue weighted by molar-refractivity contribution is 0.0989. The van der Waals surface area contributed by atoms with Crippen LogP contribution >= 0.6 is 11.8 Å². The molecule has 1 amide bonds. The molecule has 1 aromatic carbocycles. The molecule has 0 bridgehead atoms. The standard InChI is InChI=1S/C20H23N3OS/c1-25-20(10-4-11-20)14-22-18-8-7-16(13-21-18)19(24)23-12-9-15-5-2-3-6-17(15)23/h2-3,5-8,13H,4,9-12,14H2,1H3,(H,21,22). The zero-order valence-corrected chi connectivity index (χ0v) is 15.3. The van der Waals surface area contributed by atoms with E-state index < -0.39 is 0 Å². The number of nitrogens with zero attached hydrogens (tertiary/aromatic N) is 2. The normalized spacial score (nSPS) is 17.7. The van der Waals surface area contributed by atoms with Gasteiger partial charge in [-0.2, -0.15) is 11.8 Å². The number of carbonyl (C=O) groups is 1. The molecule has 0 spiro atoms. The Kier molecular flexibility index (Phi) is 4.42. The highest BCUT2D eigenvalue weighted by Crippen LogP contribution is 2.42. The van der Waals surface area contributed by atoms with E-state index in [1.54, 1.807) is 6.20 Å². The highest BCUT2D eigenvalue weighted by molar-refractivity contribution is 8.00. The van der Waals surface area contributed by atoms with Gasteiger partial charge in [-0.3, -0.25) is 4.79 Å². The van der Waals surface area contributed by atoms with Gasteiger partial charge in [0.15, 0.2) is 0 Å². The average Bonchev–Trinajstić information content (AvgIpc) is 3.05. The summed E-state index contributed by atoms with van der Waals surface area (Å²) < 4.78 is 0.370. The molecular weight excluding hydrogens is 330 g/mol. The SMILES string of the molecule is CSC1(CNc2ccc(C(=O)N3CCc4ccccc43)cn2)CCC1. The highest BCUT2D eigenvalue weighted by Gasteiger charge is 2.35. The lowest BCUT2D eigenvalue weighted by Gasteiger charge is -2.40. The number of carbonyl (C=O) groups excluding carboxylic acids is 1. The molecule has 4 rings (SSSR count). The molecule has 1 aliphatic heterocycles. The summed E-state index contributed by atoms with van der Waals surface area (Å²) in [5.41, 5.74) is 2.91. The summed E-state index contributed by atoms with van der Waals surface area (Å²) in [5, 5.41) is 3.43. The number of pyridine rings is 1. The van der Waals surface area contributed by atoms with Crippen molar-refractivity contribution in [2.24, 2.45) is 0 Å². The minimum atomic E-state index is 0.0311. The second kappa shape index (κ2) is 6.71. The van der Waals surface area contributed by atoms with E-state index in [1.807, 2.05) is 47.0 Å². The van der Waals surface area contributed by atoms with Crippen molar-refractivity contribution in [3.63, 3.8) is 0 Å². The third-order valence-corrected chi connectivity index (χ3v) is 6.85.